The van der Waals surface area contributed by atoms with E-state index in [2.05, 4.69) is 42.0 Å². The Bertz CT molecular complexity index is 1040. The first-order valence-corrected chi connectivity index (χ1v) is 13.3. The van der Waals surface area contributed by atoms with Crippen LogP contribution in [0.25, 0.3) is 0 Å². The molecule has 1 atom stereocenters. The molecular weight excluding hydrogens is 551 g/mol. The third kappa shape index (κ3) is 8.69. The maximum atomic E-state index is 13.4. The Labute approximate surface area is 227 Å². The second-order valence-electron chi connectivity index (χ2n) is 10.0. The summed E-state index contributed by atoms with van der Waals surface area (Å²) in [7, 11) is 0. The van der Waals surface area contributed by atoms with Gasteiger partial charge < -0.3 is 15.0 Å². The minimum atomic E-state index is -0.647. The SMILES string of the molecule is CCC(C(=O)NCC(C)C)N(Cc1ccc(Cl)c(Cl)c1)C(=O)COc1ccc(C(C)(C)C)cc1Br. The van der Waals surface area contributed by atoms with Crippen LogP contribution < -0.4 is 10.1 Å². The zero-order valence-electron chi connectivity index (χ0n) is 21.3. The first-order chi connectivity index (χ1) is 16.3. The van der Waals surface area contributed by atoms with E-state index in [1.807, 2.05) is 39.0 Å². The van der Waals surface area contributed by atoms with Gasteiger partial charge in [0.2, 0.25) is 5.91 Å². The van der Waals surface area contributed by atoms with Gasteiger partial charge in [-0.2, -0.15) is 0 Å². The average molecular weight is 586 g/mol. The Hall–Kier alpha value is -1.76. The number of ether oxygens (including phenoxy) is 1. The maximum absolute atomic E-state index is 13.4. The summed E-state index contributed by atoms with van der Waals surface area (Å²) in [6.07, 6.45) is 0.459. The van der Waals surface area contributed by atoms with Gasteiger partial charge in [0.25, 0.3) is 5.91 Å². The van der Waals surface area contributed by atoms with Gasteiger partial charge in [0.05, 0.1) is 14.5 Å². The van der Waals surface area contributed by atoms with Gasteiger partial charge >= 0.3 is 0 Å². The van der Waals surface area contributed by atoms with Crippen molar-refractivity contribution >= 4 is 50.9 Å². The van der Waals surface area contributed by atoms with Crippen molar-refractivity contribution < 1.29 is 14.3 Å². The summed E-state index contributed by atoms with van der Waals surface area (Å²) in [5.74, 6) is 0.380. The van der Waals surface area contributed by atoms with E-state index >= 15 is 0 Å². The van der Waals surface area contributed by atoms with Gasteiger partial charge in [-0.25, -0.2) is 0 Å². The minimum Gasteiger partial charge on any atom is -0.483 e. The predicted octanol–water partition coefficient (Wildman–Crippen LogP) is 7.01. The van der Waals surface area contributed by atoms with Crippen molar-refractivity contribution in [2.45, 2.75) is 66.0 Å². The number of nitrogens with zero attached hydrogens (tertiary/aromatic N) is 1. The highest BCUT2D eigenvalue weighted by Crippen LogP contribution is 2.31. The molecule has 0 aliphatic heterocycles. The molecule has 0 radical (unpaired) electrons. The van der Waals surface area contributed by atoms with Crippen LogP contribution >= 0.6 is 39.1 Å². The van der Waals surface area contributed by atoms with Crippen LogP contribution in [0.5, 0.6) is 5.75 Å². The summed E-state index contributed by atoms with van der Waals surface area (Å²) >= 11 is 15.8. The third-order valence-corrected chi connectivity index (χ3v) is 6.92. The van der Waals surface area contributed by atoms with Crippen LogP contribution in [0, 0.1) is 5.92 Å². The van der Waals surface area contributed by atoms with Crippen molar-refractivity contribution in [1.29, 1.82) is 0 Å². The van der Waals surface area contributed by atoms with Gasteiger partial charge in [0, 0.05) is 13.1 Å². The van der Waals surface area contributed by atoms with Crippen LogP contribution in [0.4, 0.5) is 0 Å². The molecule has 192 valence electrons. The number of nitrogens with one attached hydrogen (secondary N) is 1. The maximum Gasteiger partial charge on any atom is 0.261 e. The minimum absolute atomic E-state index is 0.00871. The first-order valence-electron chi connectivity index (χ1n) is 11.8. The Morgan fingerprint density at radius 2 is 1.77 bits per heavy atom. The highest BCUT2D eigenvalue weighted by atomic mass is 79.9. The molecule has 0 bridgehead atoms. The lowest BCUT2D eigenvalue weighted by molar-refractivity contribution is -0.143. The molecule has 5 nitrogen and oxygen atoms in total. The predicted molar refractivity (Wildman–Crippen MR) is 147 cm³/mol. The van der Waals surface area contributed by atoms with Crippen molar-refractivity contribution in [2.75, 3.05) is 13.2 Å². The van der Waals surface area contributed by atoms with Gasteiger partial charge in [-0.05, 0) is 69.1 Å². The molecule has 2 rings (SSSR count). The van der Waals surface area contributed by atoms with Crippen molar-refractivity contribution in [3.05, 3.63) is 62.0 Å². The topological polar surface area (TPSA) is 58.6 Å². The number of hydrogen-bond donors (Lipinski definition) is 1. The summed E-state index contributed by atoms with van der Waals surface area (Å²) < 4.78 is 6.66. The Morgan fingerprint density at radius 1 is 1.09 bits per heavy atom. The Balaban J connectivity index is 2.26. The van der Waals surface area contributed by atoms with Crippen LogP contribution in [-0.2, 0) is 21.5 Å². The van der Waals surface area contributed by atoms with E-state index in [-0.39, 0.29) is 30.4 Å². The number of carbonyl (C=O) groups is 2. The largest absolute Gasteiger partial charge is 0.483 e. The lowest BCUT2D eigenvalue weighted by Gasteiger charge is -2.31. The highest BCUT2D eigenvalue weighted by molar-refractivity contribution is 9.10. The highest BCUT2D eigenvalue weighted by Gasteiger charge is 2.29. The molecule has 0 saturated carbocycles. The van der Waals surface area contributed by atoms with Crippen LogP contribution in [0.15, 0.2) is 40.9 Å². The quantitative estimate of drug-likeness (QED) is 0.326. The lowest BCUT2D eigenvalue weighted by Crippen LogP contribution is -2.50. The van der Waals surface area contributed by atoms with E-state index in [1.165, 1.54) is 0 Å². The molecule has 0 heterocycles. The zero-order valence-corrected chi connectivity index (χ0v) is 24.4. The second-order valence-corrected chi connectivity index (χ2v) is 11.7. The molecule has 0 aliphatic carbocycles. The van der Waals surface area contributed by atoms with Crippen molar-refractivity contribution in [3.63, 3.8) is 0 Å². The van der Waals surface area contributed by atoms with E-state index in [9.17, 15) is 9.59 Å². The van der Waals surface area contributed by atoms with E-state index in [0.29, 0.717) is 34.7 Å². The Kier molecular flexibility index (Phi) is 10.9. The summed E-state index contributed by atoms with van der Waals surface area (Å²) in [6, 6.07) is 10.4. The molecule has 0 spiro atoms. The van der Waals surface area contributed by atoms with E-state index in [0.717, 1.165) is 15.6 Å². The molecule has 0 aliphatic rings. The fourth-order valence-electron chi connectivity index (χ4n) is 3.48. The van der Waals surface area contributed by atoms with Gasteiger partial charge in [-0.3, -0.25) is 9.59 Å². The number of rotatable bonds is 10. The monoisotopic (exact) mass is 584 g/mol. The third-order valence-electron chi connectivity index (χ3n) is 5.56. The fourth-order valence-corrected chi connectivity index (χ4v) is 4.30. The molecule has 1 N–H and O–H groups in total. The normalized spacial score (nSPS) is 12.4. The van der Waals surface area contributed by atoms with Crippen LogP contribution in [0.2, 0.25) is 10.0 Å². The number of amides is 2. The molecule has 0 fully saturated rings. The molecular formula is C27H35BrCl2N2O3. The van der Waals surface area contributed by atoms with E-state index < -0.39 is 6.04 Å². The van der Waals surface area contributed by atoms with Gasteiger partial charge in [-0.1, -0.05) is 76.9 Å². The summed E-state index contributed by atoms with van der Waals surface area (Å²) in [4.78, 5) is 27.9. The molecule has 8 heteroatoms. The van der Waals surface area contributed by atoms with Gasteiger partial charge in [0.1, 0.15) is 11.8 Å². The smallest absolute Gasteiger partial charge is 0.261 e. The summed E-state index contributed by atoms with van der Waals surface area (Å²) in [5.41, 5.74) is 1.92. The van der Waals surface area contributed by atoms with Crippen molar-refractivity contribution in [1.82, 2.24) is 10.2 Å². The van der Waals surface area contributed by atoms with Gasteiger partial charge in [-0.15, -0.1) is 0 Å². The molecule has 0 aromatic heterocycles. The van der Waals surface area contributed by atoms with Crippen LogP contribution in [-0.4, -0.2) is 35.9 Å². The number of hydrogen-bond acceptors (Lipinski definition) is 3. The standard InChI is InChI=1S/C27H35BrCl2N2O3/c1-7-23(26(34)31-14-17(2)3)32(15-18-8-10-21(29)22(30)12-18)25(33)16-35-24-11-9-19(13-20(24)28)27(4,5)6/h8-13,17,23H,7,14-16H2,1-6H3,(H,31,34). The number of benzene rings is 2. The number of halogens is 3. The average Bonchev–Trinajstić information content (AvgIpc) is 2.78. The summed E-state index contributed by atoms with van der Waals surface area (Å²) in [6.45, 7) is 12.9. The van der Waals surface area contributed by atoms with Gasteiger partial charge in [0.15, 0.2) is 6.61 Å². The van der Waals surface area contributed by atoms with Crippen LogP contribution in [0.1, 0.15) is 59.1 Å². The molecule has 2 aromatic carbocycles. The summed E-state index contributed by atoms with van der Waals surface area (Å²) in [5, 5.41) is 3.78. The molecule has 1 unspecified atom stereocenters. The molecule has 35 heavy (non-hydrogen) atoms. The zero-order chi connectivity index (χ0) is 26.3. The van der Waals surface area contributed by atoms with E-state index in [1.54, 1.807) is 23.1 Å². The van der Waals surface area contributed by atoms with Crippen LogP contribution in [0.3, 0.4) is 0 Å². The van der Waals surface area contributed by atoms with Crippen molar-refractivity contribution in [2.24, 2.45) is 5.92 Å². The number of carbonyl (C=O) groups excluding carboxylic acids is 2. The van der Waals surface area contributed by atoms with E-state index in [4.69, 9.17) is 27.9 Å². The molecule has 2 amide bonds. The first kappa shape index (κ1) is 29.5. The second kappa shape index (κ2) is 13.0. The molecule has 2 aromatic rings. The molecule has 0 saturated heterocycles. The fraction of sp³-hybridized carbons (Fsp3) is 0.481. The van der Waals surface area contributed by atoms with Crippen molar-refractivity contribution in [3.8, 4) is 5.75 Å². The Morgan fingerprint density at radius 3 is 2.31 bits per heavy atom. The lowest BCUT2D eigenvalue weighted by atomic mass is 9.87.